The van der Waals surface area contributed by atoms with E-state index in [2.05, 4.69) is 36.2 Å². The van der Waals surface area contributed by atoms with E-state index < -0.39 is 10.0 Å². The van der Waals surface area contributed by atoms with Crippen LogP contribution in [-0.2, 0) is 16.6 Å². The van der Waals surface area contributed by atoms with Gasteiger partial charge in [-0.2, -0.15) is 0 Å². The average Bonchev–Trinajstić information content (AvgIpc) is 2.74. The molecule has 1 amide bonds. The second-order valence-electron chi connectivity index (χ2n) is 6.63. The summed E-state index contributed by atoms with van der Waals surface area (Å²) in [5, 5.41) is 2.91. The largest absolute Gasteiger partial charge is 0.372 e. The summed E-state index contributed by atoms with van der Waals surface area (Å²) in [6, 6.07) is 14.8. The number of carbonyl (C=O) groups excluding carboxylic acids is 1. The molecule has 0 saturated carbocycles. The monoisotopic (exact) mass is 417 g/mol. The highest BCUT2D eigenvalue weighted by Gasteiger charge is 2.19. The first-order chi connectivity index (χ1) is 13.9. The molecule has 0 aliphatic rings. The van der Waals surface area contributed by atoms with Crippen molar-refractivity contribution in [2.45, 2.75) is 34.2 Å². The summed E-state index contributed by atoms with van der Waals surface area (Å²) < 4.78 is 25.7. The van der Waals surface area contributed by atoms with Crippen LogP contribution in [0.15, 0.2) is 48.5 Å². The van der Waals surface area contributed by atoms with Gasteiger partial charge < -0.3 is 10.2 Å². The van der Waals surface area contributed by atoms with Crippen LogP contribution in [0.3, 0.4) is 0 Å². The van der Waals surface area contributed by atoms with E-state index in [1.165, 1.54) is 9.99 Å². The van der Waals surface area contributed by atoms with Crippen molar-refractivity contribution in [2.75, 3.05) is 34.6 Å². The molecule has 0 spiro atoms. The van der Waals surface area contributed by atoms with E-state index in [0.29, 0.717) is 24.3 Å². The van der Waals surface area contributed by atoms with Gasteiger partial charge in [-0.15, -0.1) is 0 Å². The highest BCUT2D eigenvalue weighted by Crippen LogP contribution is 2.19. The fourth-order valence-corrected chi connectivity index (χ4v) is 4.32. The van der Waals surface area contributed by atoms with E-state index in [0.717, 1.165) is 18.7 Å². The molecule has 0 fully saturated rings. The van der Waals surface area contributed by atoms with Crippen LogP contribution in [0.5, 0.6) is 0 Å². The maximum atomic E-state index is 12.4. The topological polar surface area (TPSA) is 69.7 Å². The number of hydrogen-bond acceptors (Lipinski definition) is 4. The van der Waals surface area contributed by atoms with Gasteiger partial charge in [-0.25, -0.2) is 8.42 Å². The van der Waals surface area contributed by atoms with E-state index in [9.17, 15) is 13.2 Å². The zero-order valence-electron chi connectivity index (χ0n) is 17.7. The Bertz CT molecular complexity index is 890. The van der Waals surface area contributed by atoms with Crippen LogP contribution in [0.1, 0.15) is 43.6 Å². The molecule has 0 unspecified atom stereocenters. The molecule has 0 radical (unpaired) electrons. The Balaban J connectivity index is 2.01. The number of benzene rings is 2. The summed E-state index contributed by atoms with van der Waals surface area (Å²) in [5.41, 5.74) is 3.26. The molecule has 2 aromatic carbocycles. The van der Waals surface area contributed by atoms with Crippen molar-refractivity contribution in [3.8, 4) is 0 Å². The molecule has 0 saturated heterocycles. The highest BCUT2D eigenvalue weighted by atomic mass is 32.2. The molecule has 29 heavy (non-hydrogen) atoms. The Kier molecular flexibility index (Phi) is 8.08. The quantitative estimate of drug-likeness (QED) is 0.641. The van der Waals surface area contributed by atoms with Crippen molar-refractivity contribution < 1.29 is 13.2 Å². The molecule has 0 aromatic heterocycles. The maximum Gasteiger partial charge on any atom is 0.251 e. The third-order valence-electron chi connectivity index (χ3n) is 4.92. The van der Waals surface area contributed by atoms with Crippen LogP contribution < -0.4 is 14.5 Å². The zero-order chi connectivity index (χ0) is 21.4. The fourth-order valence-electron chi connectivity index (χ4n) is 3.17. The molecule has 2 rings (SSSR count). The molecule has 0 bridgehead atoms. The third kappa shape index (κ3) is 5.73. The normalized spacial score (nSPS) is 11.2. The van der Waals surface area contributed by atoms with Crippen molar-refractivity contribution in [1.82, 2.24) is 5.32 Å². The zero-order valence-corrected chi connectivity index (χ0v) is 18.5. The van der Waals surface area contributed by atoms with E-state index in [-0.39, 0.29) is 11.7 Å². The molecule has 0 atom stereocenters. The molecule has 158 valence electrons. The number of carbonyl (C=O) groups is 1. The predicted molar refractivity (Wildman–Crippen MR) is 120 cm³/mol. The van der Waals surface area contributed by atoms with E-state index in [1.807, 2.05) is 12.1 Å². The fraction of sp³-hybridized carbons (Fsp3) is 0.409. The SMILES string of the molecule is CCN(CC)c1ccc(CNC(=O)c2ccc(N(CC)S(=O)(=O)CC)cc2)cc1. The molecule has 0 aliphatic heterocycles. The van der Waals surface area contributed by atoms with E-state index in [4.69, 9.17) is 0 Å². The maximum absolute atomic E-state index is 12.4. The average molecular weight is 418 g/mol. The number of amides is 1. The van der Waals surface area contributed by atoms with Crippen LogP contribution in [-0.4, -0.2) is 39.7 Å². The minimum Gasteiger partial charge on any atom is -0.372 e. The number of nitrogens with one attached hydrogen (secondary N) is 1. The van der Waals surface area contributed by atoms with Crippen molar-refractivity contribution >= 4 is 27.3 Å². The number of rotatable bonds is 10. The third-order valence-corrected chi connectivity index (χ3v) is 6.79. The van der Waals surface area contributed by atoms with E-state index >= 15 is 0 Å². The van der Waals surface area contributed by atoms with Crippen molar-refractivity contribution in [2.24, 2.45) is 0 Å². The van der Waals surface area contributed by atoms with Crippen LogP contribution in [0, 0.1) is 0 Å². The minimum atomic E-state index is -3.33. The van der Waals surface area contributed by atoms with Gasteiger partial charge in [0.25, 0.3) is 5.91 Å². The first-order valence-corrected chi connectivity index (χ1v) is 11.7. The van der Waals surface area contributed by atoms with Crippen LogP contribution in [0.25, 0.3) is 0 Å². The lowest BCUT2D eigenvalue weighted by molar-refractivity contribution is 0.0951. The first kappa shape index (κ1) is 22.7. The summed E-state index contributed by atoms with van der Waals surface area (Å²) >= 11 is 0. The van der Waals surface area contributed by atoms with Crippen LogP contribution in [0.2, 0.25) is 0 Å². The lowest BCUT2D eigenvalue weighted by atomic mass is 10.1. The first-order valence-electron chi connectivity index (χ1n) is 10.1. The van der Waals surface area contributed by atoms with Gasteiger partial charge in [0, 0.05) is 37.4 Å². The molecule has 0 aliphatic carbocycles. The molecule has 2 aromatic rings. The molecular formula is C22H31N3O3S. The lowest BCUT2D eigenvalue weighted by Gasteiger charge is -2.22. The Labute approximate surface area is 174 Å². The van der Waals surface area contributed by atoms with Crippen molar-refractivity contribution in [3.63, 3.8) is 0 Å². The van der Waals surface area contributed by atoms with Gasteiger partial charge in [0.1, 0.15) is 0 Å². The number of nitrogens with zero attached hydrogens (tertiary/aromatic N) is 2. The molecular weight excluding hydrogens is 386 g/mol. The number of sulfonamides is 1. The summed E-state index contributed by atoms with van der Waals surface area (Å²) in [6.45, 7) is 10.4. The van der Waals surface area contributed by atoms with Gasteiger partial charge in [-0.1, -0.05) is 12.1 Å². The van der Waals surface area contributed by atoms with Crippen molar-refractivity contribution in [1.29, 1.82) is 0 Å². The summed E-state index contributed by atoms with van der Waals surface area (Å²) in [6.07, 6.45) is 0. The Morgan fingerprint density at radius 2 is 1.38 bits per heavy atom. The van der Waals surface area contributed by atoms with Gasteiger partial charge in [0.05, 0.1) is 11.4 Å². The number of anilines is 2. The van der Waals surface area contributed by atoms with Crippen molar-refractivity contribution in [3.05, 3.63) is 59.7 Å². The van der Waals surface area contributed by atoms with Crippen LogP contribution >= 0.6 is 0 Å². The van der Waals surface area contributed by atoms with Gasteiger partial charge in [0.15, 0.2) is 0 Å². The molecule has 6 nitrogen and oxygen atoms in total. The van der Waals surface area contributed by atoms with Gasteiger partial charge in [0.2, 0.25) is 10.0 Å². The standard InChI is InChI=1S/C22H31N3O3S/c1-5-24(6-2)20-13-9-18(10-14-20)17-23-22(26)19-11-15-21(16-12-19)25(7-3)29(27,28)8-4/h9-16H,5-8,17H2,1-4H3,(H,23,26). The molecule has 7 heteroatoms. The Morgan fingerprint density at radius 3 is 1.86 bits per heavy atom. The number of hydrogen-bond donors (Lipinski definition) is 1. The van der Waals surface area contributed by atoms with Gasteiger partial charge in [-0.3, -0.25) is 9.10 Å². The highest BCUT2D eigenvalue weighted by molar-refractivity contribution is 7.92. The predicted octanol–water partition coefficient (Wildman–Crippen LogP) is 3.64. The minimum absolute atomic E-state index is 0.0378. The van der Waals surface area contributed by atoms with Crippen LogP contribution in [0.4, 0.5) is 11.4 Å². The summed E-state index contributed by atoms with van der Waals surface area (Å²) in [7, 11) is -3.33. The van der Waals surface area contributed by atoms with Gasteiger partial charge >= 0.3 is 0 Å². The van der Waals surface area contributed by atoms with Gasteiger partial charge in [-0.05, 0) is 69.7 Å². The second-order valence-corrected chi connectivity index (χ2v) is 8.82. The smallest absolute Gasteiger partial charge is 0.251 e. The van der Waals surface area contributed by atoms with E-state index in [1.54, 1.807) is 38.1 Å². The summed E-state index contributed by atoms with van der Waals surface area (Å²) in [4.78, 5) is 14.7. The molecule has 1 N–H and O–H groups in total. The Morgan fingerprint density at radius 1 is 0.828 bits per heavy atom. The lowest BCUT2D eigenvalue weighted by Crippen LogP contribution is -2.32. The Hall–Kier alpha value is -2.54. The summed E-state index contributed by atoms with van der Waals surface area (Å²) in [5.74, 6) is -0.151. The second kappa shape index (κ2) is 10.3. The molecule has 0 heterocycles.